The van der Waals surface area contributed by atoms with Crippen molar-refractivity contribution in [3.8, 4) is 0 Å². The van der Waals surface area contributed by atoms with Gasteiger partial charge in [-0.2, -0.15) is 0 Å². The quantitative estimate of drug-likeness (QED) is 0.734. The van der Waals surface area contributed by atoms with Gasteiger partial charge in [-0.25, -0.2) is 0 Å². The third-order valence-electron chi connectivity index (χ3n) is 3.01. The van der Waals surface area contributed by atoms with Crippen LogP contribution in [-0.4, -0.2) is 13.2 Å². The van der Waals surface area contributed by atoms with Crippen molar-refractivity contribution >= 4 is 16.5 Å². The number of fused-ring (bicyclic) bond motifs is 1. The van der Waals surface area contributed by atoms with E-state index in [0.29, 0.717) is 0 Å². The molecule has 0 heterocycles. The topological polar surface area (TPSA) is 12.5 Å². The second-order valence-electron chi connectivity index (χ2n) is 4.35. The first-order chi connectivity index (χ1) is 8.20. The molecule has 1 unspecified atom stereocenters. The van der Waals surface area contributed by atoms with Crippen LogP contribution in [0.4, 0.5) is 5.69 Å². The van der Waals surface area contributed by atoms with Gasteiger partial charge in [0, 0.05) is 7.05 Å². The van der Waals surface area contributed by atoms with Crippen LogP contribution in [0.2, 0.25) is 0 Å². The monoisotopic (exact) mass is 229 g/mol. The summed E-state index contributed by atoms with van der Waals surface area (Å²) in [5, 5.41) is 4.35. The molecule has 0 N–H and O–H groups in total. The summed E-state index contributed by atoms with van der Waals surface area (Å²) in [6, 6.07) is 14.7. The SMILES string of the molecule is CCC(C)ON(C)c1ccc2ccccc2c1. The molecule has 0 bridgehead atoms. The van der Waals surface area contributed by atoms with Crippen molar-refractivity contribution in [2.24, 2.45) is 0 Å². The minimum atomic E-state index is 0.242. The summed E-state index contributed by atoms with van der Waals surface area (Å²) < 4.78 is 0. The van der Waals surface area contributed by atoms with E-state index in [2.05, 4.69) is 56.3 Å². The first-order valence-electron chi connectivity index (χ1n) is 6.10. The molecule has 0 aliphatic heterocycles. The molecule has 0 aliphatic carbocycles. The molecule has 0 saturated heterocycles. The van der Waals surface area contributed by atoms with Gasteiger partial charge in [0.2, 0.25) is 0 Å². The van der Waals surface area contributed by atoms with E-state index in [1.54, 1.807) is 0 Å². The maximum Gasteiger partial charge on any atom is 0.0825 e. The van der Waals surface area contributed by atoms with E-state index in [-0.39, 0.29) is 6.10 Å². The fourth-order valence-corrected chi connectivity index (χ4v) is 1.78. The highest BCUT2D eigenvalue weighted by Crippen LogP contribution is 2.22. The summed E-state index contributed by atoms with van der Waals surface area (Å²) in [7, 11) is 1.95. The molecule has 0 fully saturated rings. The molecule has 0 radical (unpaired) electrons. The largest absolute Gasteiger partial charge is 0.271 e. The number of benzene rings is 2. The van der Waals surface area contributed by atoms with Crippen LogP contribution in [0.5, 0.6) is 0 Å². The Morgan fingerprint density at radius 2 is 1.82 bits per heavy atom. The van der Waals surface area contributed by atoms with Crippen molar-refractivity contribution in [2.75, 3.05) is 12.1 Å². The molecule has 2 aromatic rings. The molecule has 17 heavy (non-hydrogen) atoms. The fraction of sp³-hybridized carbons (Fsp3) is 0.333. The van der Waals surface area contributed by atoms with Crippen LogP contribution in [0.15, 0.2) is 42.5 Å². The molecule has 0 saturated carbocycles. The average Bonchev–Trinajstić information content (AvgIpc) is 2.38. The Morgan fingerprint density at radius 3 is 2.53 bits per heavy atom. The summed E-state index contributed by atoms with van der Waals surface area (Å²) in [5.41, 5.74) is 1.09. The van der Waals surface area contributed by atoms with Crippen LogP contribution in [0.3, 0.4) is 0 Å². The van der Waals surface area contributed by atoms with Gasteiger partial charge in [0.1, 0.15) is 0 Å². The summed E-state index contributed by atoms with van der Waals surface area (Å²) in [6.45, 7) is 4.20. The van der Waals surface area contributed by atoms with Crippen molar-refractivity contribution in [3.63, 3.8) is 0 Å². The standard InChI is InChI=1S/C15H19NO/c1-4-12(2)17-16(3)15-10-9-13-7-5-6-8-14(13)11-15/h5-12H,4H2,1-3H3. The summed E-state index contributed by atoms with van der Waals surface area (Å²) in [6.07, 6.45) is 1.25. The van der Waals surface area contributed by atoms with Gasteiger partial charge in [0.05, 0.1) is 11.8 Å². The molecular formula is C15H19NO. The minimum Gasteiger partial charge on any atom is -0.271 e. The third-order valence-corrected chi connectivity index (χ3v) is 3.01. The lowest BCUT2D eigenvalue weighted by atomic mass is 10.1. The molecule has 2 nitrogen and oxygen atoms in total. The smallest absolute Gasteiger partial charge is 0.0825 e. The summed E-state index contributed by atoms with van der Waals surface area (Å²) in [4.78, 5) is 5.77. The van der Waals surface area contributed by atoms with Gasteiger partial charge < -0.3 is 0 Å². The van der Waals surface area contributed by atoms with Gasteiger partial charge in [-0.15, -0.1) is 0 Å². The van der Waals surface area contributed by atoms with E-state index in [1.807, 2.05) is 12.1 Å². The van der Waals surface area contributed by atoms with Crippen LogP contribution in [0, 0.1) is 0 Å². The van der Waals surface area contributed by atoms with Crippen molar-refractivity contribution in [3.05, 3.63) is 42.5 Å². The zero-order chi connectivity index (χ0) is 12.3. The normalized spacial score (nSPS) is 12.6. The van der Waals surface area contributed by atoms with Crippen LogP contribution in [0.1, 0.15) is 20.3 Å². The highest BCUT2D eigenvalue weighted by Gasteiger charge is 2.06. The van der Waals surface area contributed by atoms with Crippen LogP contribution >= 0.6 is 0 Å². The zero-order valence-corrected chi connectivity index (χ0v) is 10.7. The molecule has 2 heteroatoms. The van der Waals surface area contributed by atoms with Gasteiger partial charge in [-0.3, -0.25) is 9.90 Å². The summed E-state index contributed by atoms with van der Waals surface area (Å²) in [5.74, 6) is 0. The van der Waals surface area contributed by atoms with Crippen molar-refractivity contribution in [1.29, 1.82) is 0 Å². The van der Waals surface area contributed by atoms with E-state index in [9.17, 15) is 0 Å². The third kappa shape index (κ3) is 2.77. The Labute approximate surface area is 103 Å². The highest BCUT2D eigenvalue weighted by molar-refractivity contribution is 5.85. The first-order valence-corrected chi connectivity index (χ1v) is 6.10. The van der Waals surface area contributed by atoms with E-state index in [1.165, 1.54) is 10.8 Å². The number of hydroxylamine groups is 1. The Hall–Kier alpha value is -1.54. The molecule has 0 aliphatic rings. The van der Waals surface area contributed by atoms with Crippen molar-refractivity contribution in [1.82, 2.24) is 0 Å². The molecule has 0 aromatic heterocycles. The molecule has 0 amide bonds. The molecule has 2 aromatic carbocycles. The maximum absolute atomic E-state index is 5.77. The highest BCUT2D eigenvalue weighted by atomic mass is 16.7. The summed E-state index contributed by atoms with van der Waals surface area (Å²) >= 11 is 0. The van der Waals surface area contributed by atoms with Gasteiger partial charge >= 0.3 is 0 Å². The lowest BCUT2D eigenvalue weighted by Crippen LogP contribution is -2.23. The number of anilines is 1. The van der Waals surface area contributed by atoms with Crippen LogP contribution < -0.4 is 5.06 Å². The Bertz CT molecular complexity index is 495. The Kier molecular flexibility index (Phi) is 3.64. The number of rotatable bonds is 4. The predicted octanol–water partition coefficient (Wildman–Crippen LogP) is 4.01. The molecule has 0 spiro atoms. The van der Waals surface area contributed by atoms with Gasteiger partial charge in [0.15, 0.2) is 0 Å². The van der Waals surface area contributed by atoms with E-state index < -0.39 is 0 Å². The fourth-order valence-electron chi connectivity index (χ4n) is 1.78. The zero-order valence-electron chi connectivity index (χ0n) is 10.7. The van der Waals surface area contributed by atoms with E-state index in [0.717, 1.165) is 12.1 Å². The molecule has 90 valence electrons. The predicted molar refractivity (Wildman–Crippen MR) is 73.2 cm³/mol. The molecule has 2 rings (SSSR count). The van der Waals surface area contributed by atoms with Crippen molar-refractivity contribution in [2.45, 2.75) is 26.4 Å². The lowest BCUT2D eigenvalue weighted by Gasteiger charge is -2.22. The lowest BCUT2D eigenvalue weighted by molar-refractivity contribution is 0.0527. The van der Waals surface area contributed by atoms with Crippen molar-refractivity contribution < 1.29 is 4.84 Å². The minimum absolute atomic E-state index is 0.242. The molecule has 1 atom stereocenters. The van der Waals surface area contributed by atoms with E-state index >= 15 is 0 Å². The second-order valence-corrected chi connectivity index (χ2v) is 4.35. The first kappa shape index (κ1) is 11.9. The van der Waals surface area contributed by atoms with Gasteiger partial charge in [0.25, 0.3) is 0 Å². The van der Waals surface area contributed by atoms with Gasteiger partial charge in [-0.05, 0) is 36.2 Å². The Balaban J connectivity index is 2.23. The van der Waals surface area contributed by atoms with Crippen LogP contribution in [-0.2, 0) is 4.84 Å². The number of hydrogen-bond acceptors (Lipinski definition) is 2. The van der Waals surface area contributed by atoms with Crippen LogP contribution in [0.25, 0.3) is 10.8 Å². The average molecular weight is 229 g/mol. The number of hydrogen-bond donors (Lipinski definition) is 0. The van der Waals surface area contributed by atoms with E-state index in [4.69, 9.17) is 4.84 Å². The van der Waals surface area contributed by atoms with Gasteiger partial charge in [-0.1, -0.05) is 37.3 Å². The molecular weight excluding hydrogens is 210 g/mol. The number of nitrogens with zero attached hydrogens (tertiary/aromatic N) is 1. The maximum atomic E-state index is 5.77. The Morgan fingerprint density at radius 1 is 1.12 bits per heavy atom. The second kappa shape index (κ2) is 5.19.